The molecule has 0 radical (unpaired) electrons. The van der Waals surface area contributed by atoms with E-state index in [0.29, 0.717) is 6.04 Å². The third-order valence-corrected chi connectivity index (χ3v) is 2.40. The Morgan fingerprint density at radius 2 is 1.75 bits per heavy atom. The molecule has 0 saturated carbocycles. The quantitative estimate of drug-likeness (QED) is 0.737. The lowest BCUT2D eigenvalue weighted by Crippen LogP contribution is -2.47. The van der Waals surface area contributed by atoms with E-state index in [1.807, 2.05) is 34.6 Å². The summed E-state index contributed by atoms with van der Waals surface area (Å²) in [6.07, 6.45) is 1.01. The van der Waals surface area contributed by atoms with Crippen molar-refractivity contribution in [1.29, 1.82) is 0 Å². The van der Waals surface area contributed by atoms with Crippen LogP contribution in [0.1, 0.15) is 54.9 Å². The fraction of sp³-hybridized carbons (Fsp3) is 0.923. The van der Waals surface area contributed by atoms with Gasteiger partial charge in [0.2, 0.25) is 0 Å². The van der Waals surface area contributed by atoms with Crippen LogP contribution in [0.2, 0.25) is 0 Å². The Bertz CT molecular complexity index is 218. The molecule has 0 heterocycles. The summed E-state index contributed by atoms with van der Waals surface area (Å²) in [5.74, 6) is 0.0895. The lowest BCUT2D eigenvalue weighted by atomic mass is 10.0. The molecule has 96 valence electrons. The van der Waals surface area contributed by atoms with Gasteiger partial charge in [-0.1, -0.05) is 20.8 Å². The molecule has 0 bridgehead atoms. The first kappa shape index (κ1) is 15.4. The van der Waals surface area contributed by atoms with Crippen molar-refractivity contribution in [2.75, 3.05) is 0 Å². The van der Waals surface area contributed by atoms with E-state index in [4.69, 9.17) is 4.74 Å². The van der Waals surface area contributed by atoms with Crippen LogP contribution in [-0.2, 0) is 9.53 Å². The lowest BCUT2D eigenvalue weighted by Gasteiger charge is -2.28. The number of hydrogen-bond acceptors (Lipinski definition) is 3. The molecule has 3 heteroatoms. The Morgan fingerprint density at radius 3 is 2.06 bits per heavy atom. The number of carbonyl (C=O) groups is 1. The maximum atomic E-state index is 12.0. The van der Waals surface area contributed by atoms with Crippen molar-refractivity contribution in [3.05, 3.63) is 0 Å². The molecule has 2 atom stereocenters. The molecule has 16 heavy (non-hydrogen) atoms. The largest absolute Gasteiger partial charge is 0.459 e. The van der Waals surface area contributed by atoms with Crippen molar-refractivity contribution in [2.45, 2.75) is 72.6 Å². The standard InChI is InChI=1S/C13H27NO2/c1-8-10(4)14-11(9(2)3)12(15)16-13(5,6)7/h9-11,14H,8H2,1-7H3/t10?,11-/m1/s1. The van der Waals surface area contributed by atoms with Gasteiger partial charge in [-0.15, -0.1) is 0 Å². The number of rotatable bonds is 5. The highest BCUT2D eigenvalue weighted by atomic mass is 16.6. The van der Waals surface area contributed by atoms with Crippen molar-refractivity contribution in [3.8, 4) is 0 Å². The first-order valence-corrected chi connectivity index (χ1v) is 6.16. The molecule has 0 spiro atoms. The average Bonchev–Trinajstić information content (AvgIpc) is 2.09. The molecule has 0 aromatic carbocycles. The second kappa shape index (κ2) is 6.24. The third-order valence-electron chi connectivity index (χ3n) is 2.40. The van der Waals surface area contributed by atoms with Gasteiger partial charge in [-0.2, -0.15) is 0 Å². The Kier molecular flexibility index (Phi) is 6.01. The van der Waals surface area contributed by atoms with Gasteiger partial charge in [-0.25, -0.2) is 0 Å². The smallest absolute Gasteiger partial charge is 0.323 e. The predicted molar refractivity (Wildman–Crippen MR) is 67.4 cm³/mol. The van der Waals surface area contributed by atoms with E-state index in [1.54, 1.807) is 0 Å². The van der Waals surface area contributed by atoms with Gasteiger partial charge in [-0.3, -0.25) is 4.79 Å². The minimum Gasteiger partial charge on any atom is -0.459 e. The summed E-state index contributed by atoms with van der Waals surface area (Å²) in [7, 11) is 0. The highest BCUT2D eigenvalue weighted by Crippen LogP contribution is 2.13. The molecular formula is C13H27NO2. The molecule has 3 nitrogen and oxygen atoms in total. The van der Waals surface area contributed by atoms with Gasteiger partial charge in [0, 0.05) is 6.04 Å². The van der Waals surface area contributed by atoms with Crippen molar-refractivity contribution >= 4 is 5.97 Å². The van der Waals surface area contributed by atoms with Gasteiger partial charge in [-0.05, 0) is 40.0 Å². The summed E-state index contributed by atoms with van der Waals surface area (Å²) in [5.41, 5.74) is -0.415. The van der Waals surface area contributed by atoms with Crippen LogP contribution in [0.3, 0.4) is 0 Å². The van der Waals surface area contributed by atoms with E-state index in [9.17, 15) is 4.79 Å². The van der Waals surface area contributed by atoms with Crippen LogP contribution in [0.15, 0.2) is 0 Å². The second-order valence-electron chi connectivity index (χ2n) is 5.73. The Balaban J connectivity index is 4.48. The molecule has 0 amide bonds. The van der Waals surface area contributed by atoms with E-state index >= 15 is 0 Å². The van der Waals surface area contributed by atoms with E-state index in [1.165, 1.54) is 0 Å². The lowest BCUT2D eigenvalue weighted by molar-refractivity contribution is -0.159. The topological polar surface area (TPSA) is 38.3 Å². The van der Waals surface area contributed by atoms with Crippen LogP contribution >= 0.6 is 0 Å². The van der Waals surface area contributed by atoms with E-state index in [0.717, 1.165) is 6.42 Å². The average molecular weight is 229 g/mol. The summed E-state index contributed by atoms with van der Waals surface area (Å²) in [6.45, 7) is 13.9. The second-order valence-corrected chi connectivity index (χ2v) is 5.73. The molecule has 0 aromatic rings. The van der Waals surface area contributed by atoms with Crippen molar-refractivity contribution in [2.24, 2.45) is 5.92 Å². The zero-order valence-electron chi connectivity index (χ0n) is 11.8. The fourth-order valence-corrected chi connectivity index (χ4v) is 1.32. The predicted octanol–water partition coefficient (Wildman–Crippen LogP) is 2.74. The van der Waals surface area contributed by atoms with E-state index in [2.05, 4.69) is 19.2 Å². The minimum absolute atomic E-state index is 0.150. The first-order chi connectivity index (χ1) is 7.17. The Labute approximate surface area is 99.9 Å². The zero-order chi connectivity index (χ0) is 12.9. The highest BCUT2D eigenvalue weighted by Gasteiger charge is 2.28. The fourth-order valence-electron chi connectivity index (χ4n) is 1.32. The Hall–Kier alpha value is -0.570. The summed E-state index contributed by atoms with van der Waals surface area (Å²) >= 11 is 0. The molecule has 0 aliphatic rings. The molecule has 0 aromatic heterocycles. The van der Waals surface area contributed by atoms with Gasteiger partial charge in [0.05, 0.1) is 0 Å². The summed E-state index contributed by atoms with van der Waals surface area (Å²) < 4.78 is 5.41. The summed E-state index contributed by atoms with van der Waals surface area (Å²) in [5, 5.41) is 3.31. The third kappa shape index (κ3) is 6.11. The van der Waals surface area contributed by atoms with E-state index in [-0.39, 0.29) is 17.9 Å². The van der Waals surface area contributed by atoms with Crippen molar-refractivity contribution < 1.29 is 9.53 Å². The molecule has 0 rings (SSSR count). The van der Waals surface area contributed by atoms with Crippen LogP contribution in [0.25, 0.3) is 0 Å². The minimum atomic E-state index is -0.415. The number of esters is 1. The van der Waals surface area contributed by atoms with Gasteiger partial charge in [0.15, 0.2) is 0 Å². The molecule has 0 aliphatic carbocycles. The van der Waals surface area contributed by atoms with Gasteiger partial charge in [0.1, 0.15) is 11.6 Å². The summed E-state index contributed by atoms with van der Waals surface area (Å²) in [4.78, 5) is 12.0. The number of carbonyl (C=O) groups excluding carboxylic acids is 1. The van der Waals surface area contributed by atoms with Crippen LogP contribution in [-0.4, -0.2) is 23.7 Å². The molecule has 0 saturated heterocycles. The SMILES string of the molecule is CCC(C)N[C@@H](C(=O)OC(C)(C)C)C(C)C. The van der Waals surface area contributed by atoms with E-state index < -0.39 is 5.60 Å². The van der Waals surface area contributed by atoms with Crippen LogP contribution in [0.4, 0.5) is 0 Å². The number of hydrogen-bond donors (Lipinski definition) is 1. The summed E-state index contributed by atoms with van der Waals surface area (Å²) in [6, 6.07) is 0.120. The van der Waals surface area contributed by atoms with Crippen molar-refractivity contribution in [3.63, 3.8) is 0 Å². The normalized spacial score (nSPS) is 16.0. The van der Waals surface area contributed by atoms with Gasteiger partial charge in [0.25, 0.3) is 0 Å². The molecular weight excluding hydrogens is 202 g/mol. The highest BCUT2D eigenvalue weighted by molar-refractivity contribution is 5.76. The maximum Gasteiger partial charge on any atom is 0.323 e. The number of nitrogens with one attached hydrogen (secondary N) is 1. The van der Waals surface area contributed by atoms with Crippen molar-refractivity contribution in [1.82, 2.24) is 5.32 Å². The van der Waals surface area contributed by atoms with Crippen LogP contribution < -0.4 is 5.32 Å². The molecule has 0 fully saturated rings. The molecule has 1 unspecified atom stereocenters. The van der Waals surface area contributed by atoms with Gasteiger partial charge < -0.3 is 10.1 Å². The zero-order valence-corrected chi connectivity index (χ0v) is 11.8. The maximum absolute atomic E-state index is 12.0. The first-order valence-electron chi connectivity index (χ1n) is 6.16. The number of ether oxygens (including phenoxy) is 1. The molecule has 0 aliphatic heterocycles. The monoisotopic (exact) mass is 229 g/mol. The van der Waals surface area contributed by atoms with Crippen LogP contribution in [0.5, 0.6) is 0 Å². The Morgan fingerprint density at radius 1 is 1.25 bits per heavy atom. The van der Waals surface area contributed by atoms with Gasteiger partial charge >= 0.3 is 5.97 Å². The van der Waals surface area contributed by atoms with Crippen LogP contribution in [0, 0.1) is 5.92 Å². The molecule has 1 N–H and O–H groups in total.